The van der Waals surface area contributed by atoms with Crippen LogP contribution in [0.4, 0.5) is 4.79 Å². The zero-order valence-corrected chi connectivity index (χ0v) is 13.0. The number of benzene rings is 1. The fourth-order valence-electron chi connectivity index (χ4n) is 2.47. The fraction of sp³-hybridized carbons (Fsp3) is 0.500. The van der Waals surface area contributed by atoms with Gasteiger partial charge in [-0.05, 0) is 24.1 Å². The van der Waals surface area contributed by atoms with Crippen LogP contribution in [0.2, 0.25) is 0 Å². The van der Waals surface area contributed by atoms with Gasteiger partial charge < -0.3 is 20.9 Å². The maximum absolute atomic E-state index is 12.1. The predicted octanol–water partition coefficient (Wildman–Crippen LogP) is 0.480. The number of rotatable bonds is 6. The van der Waals surface area contributed by atoms with Gasteiger partial charge in [0.2, 0.25) is 5.91 Å². The Morgan fingerprint density at radius 3 is 2.68 bits per heavy atom. The molecule has 6 heteroatoms. The van der Waals surface area contributed by atoms with E-state index in [2.05, 4.69) is 22.0 Å². The van der Waals surface area contributed by atoms with Crippen LogP contribution in [0.5, 0.6) is 0 Å². The highest BCUT2D eigenvalue weighted by Crippen LogP contribution is 2.18. The van der Waals surface area contributed by atoms with Crippen LogP contribution in [0.25, 0.3) is 0 Å². The smallest absolute Gasteiger partial charge is 0.318 e. The average Bonchev–Trinajstić information content (AvgIpc) is 2.56. The summed E-state index contributed by atoms with van der Waals surface area (Å²) in [5, 5.41) is 8.55. The molecule has 0 spiro atoms. The highest BCUT2D eigenvalue weighted by Gasteiger charge is 2.20. The minimum absolute atomic E-state index is 0.0170. The first-order valence-corrected chi connectivity index (χ1v) is 7.77. The molecule has 2 rings (SSSR count). The van der Waals surface area contributed by atoms with Crippen LogP contribution in [-0.4, -0.2) is 49.6 Å². The van der Waals surface area contributed by atoms with E-state index in [9.17, 15) is 9.59 Å². The summed E-state index contributed by atoms with van der Waals surface area (Å²) in [7, 11) is 0. The van der Waals surface area contributed by atoms with Gasteiger partial charge in [0.15, 0.2) is 0 Å². The van der Waals surface area contributed by atoms with E-state index in [1.807, 2.05) is 25.1 Å². The molecule has 22 heavy (non-hydrogen) atoms. The number of hydrogen-bond donors (Lipinski definition) is 3. The Hall–Kier alpha value is -2.08. The number of amides is 3. The Morgan fingerprint density at radius 1 is 1.14 bits per heavy atom. The molecule has 0 saturated heterocycles. The van der Waals surface area contributed by atoms with Gasteiger partial charge >= 0.3 is 6.03 Å². The van der Waals surface area contributed by atoms with Crippen molar-refractivity contribution in [3.8, 4) is 0 Å². The first-order chi connectivity index (χ1) is 10.7. The molecule has 1 heterocycles. The molecule has 1 aromatic rings. The molecule has 120 valence electrons. The second kappa shape index (κ2) is 8.38. The fourth-order valence-corrected chi connectivity index (χ4v) is 2.47. The lowest BCUT2D eigenvalue weighted by Gasteiger charge is -2.28. The van der Waals surface area contributed by atoms with Crippen LogP contribution in [-0.2, 0) is 17.8 Å². The van der Waals surface area contributed by atoms with Gasteiger partial charge in [-0.25, -0.2) is 4.79 Å². The van der Waals surface area contributed by atoms with Gasteiger partial charge in [0.25, 0.3) is 0 Å². The molecule has 0 aromatic heterocycles. The Balaban J connectivity index is 1.71. The van der Waals surface area contributed by atoms with Crippen molar-refractivity contribution in [2.24, 2.45) is 0 Å². The van der Waals surface area contributed by atoms with Crippen molar-refractivity contribution in [1.29, 1.82) is 0 Å². The van der Waals surface area contributed by atoms with Crippen LogP contribution in [0.1, 0.15) is 18.1 Å². The molecule has 3 N–H and O–H groups in total. The van der Waals surface area contributed by atoms with E-state index in [0.717, 1.165) is 19.5 Å². The molecule has 0 fully saturated rings. The number of carbonyl (C=O) groups is 2. The third-order valence-electron chi connectivity index (χ3n) is 3.69. The summed E-state index contributed by atoms with van der Waals surface area (Å²) >= 11 is 0. The number of fused-ring (bicyclic) bond motifs is 1. The van der Waals surface area contributed by atoms with Crippen molar-refractivity contribution in [2.75, 3.05) is 32.7 Å². The molecular weight excluding hydrogens is 280 g/mol. The SMILES string of the molecule is CCNCCNC(=O)CNC(=O)N1CCc2ccccc2C1. The minimum atomic E-state index is -0.184. The van der Waals surface area contributed by atoms with Gasteiger partial charge in [-0.15, -0.1) is 0 Å². The number of likely N-dealkylation sites (N-methyl/N-ethyl adjacent to an activating group) is 1. The molecule has 0 aliphatic carbocycles. The molecular formula is C16H24N4O2. The van der Waals surface area contributed by atoms with Gasteiger partial charge in [-0.1, -0.05) is 31.2 Å². The van der Waals surface area contributed by atoms with E-state index in [0.29, 0.717) is 19.6 Å². The van der Waals surface area contributed by atoms with Gasteiger partial charge in [-0.2, -0.15) is 0 Å². The molecule has 0 radical (unpaired) electrons. The largest absolute Gasteiger partial charge is 0.353 e. The van der Waals surface area contributed by atoms with E-state index in [-0.39, 0.29) is 18.5 Å². The van der Waals surface area contributed by atoms with Gasteiger partial charge in [0, 0.05) is 26.2 Å². The zero-order valence-electron chi connectivity index (χ0n) is 13.0. The molecule has 0 unspecified atom stereocenters. The van der Waals surface area contributed by atoms with E-state index < -0.39 is 0 Å². The van der Waals surface area contributed by atoms with E-state index in [1.165, 1.54) is 11.1 Å². The summed E-state index contributed by atoms with van der Waals surface area (Å²) in [6.45, 7) is 5.50. The highest BCUT2D eigenvalue weighted by atomic mass is 16.2. The Kier molecular flexibility index (Phi) is 6.21. The van der Waals surface area contributed by atoms with Crippen LogP contribution in [0.3, 0.4) is 0 Å². The number of hydrogen-bond acceptors (Lipinski definition) is 3. The Labute approximate surface area is 131 Å². The van der Waals surface area contributed by atoms with Crippen LogP contribution in [0.15, 0.2) is 24.3 Å². The van der Waals surface area contributed by atoms with E-state index in [1.54, 1.807) is 4.90 Å². The normalized spacial score (nSPS) is 13.4. The van der Waals surface area contributed by atoms with Crippen molar-refractivity contribution in [2.45, 2.75) is 19.9 Å². The number of urea groups is 1. The van der Waals surface area contributed by atoms with Crippen LogP contribution >= 0.6 is 0 Å². The maximum Gasteiger partial charge on any atom is 0.318 e. The van der Waals surface area contributed by atoms with Crippen molar-refractivity contribution in [3.63, 3.8) is 0 Å². The van der Waals surface area contributed by atoms with Crippen molar-refractivity contribution < 1.29 is 9.59 Å². The predicted molar refractivity (Wildman–Crippen MR) is 85.5 cm³/mol. The third-order valence-corrected chi connectivity index (χ3v) is 3.69. The lowest BCUT2D eigenvalue weighted by molar-refractivity contribution is -0.120. The summed E-state index contributed by atoms with van der Waals surface area (Å²) in [5.74, 6) is -0.163. The number of carbonyl (C=O) groups excluding carboxylic acids is 2. The highest BCUT2D eigenvalue weighted by molar-refractivity contribution is 5.84. The van der Waals surface area contributed by atoms with Crippen LogP contribution < -0.4 is 16.0 Å². The van der Waals surface area contributed by atoms with Crippen molar-refractivity contribution in [1.82, 2.24) is 20.9 Å². The quantitative estimate of drug-likeness (QED) is 0.669. The Morgan fingerprint density at radius 2 is 1.91 bits per heavy atom. The van der Waals surface area contributed by atoms with Crippen molar-refractivity contribution in [3.05, 3.63) is 35.4 Å². The average molecular weight is 304 g/mol. The number of nitrogens with one attached hydrogen (secondary N) is 3. The van der Waals surface area contributed by atoms with Gasteiger partial charge in [0.05, 0.1) is 6.54 Å². The number of nitrogens with zero attached hydrogens (tertiary/aromatic N) is 1. The molecule has 1 aliphatic heterocycles. The summed E-state index contributed by atoms with van der Waals surface area (Å²) in [6, 6.07) is 7.96. The summed E-state index contributed by atoms with van der Waals surface area (Å²) in [5.41, 5.74) is 2.48. The molecule has 0 atom stereocenters. The van der Waals surface area contributed by atoms with Gasteiger partial charge in [0.1, 0.15) is 0 Å². The minimum Gasteiger partial charge on any atom is -0.353 e. The van der Waals surface area contributed by atoms with E-state index >= 15 is 0 Å². The Bertz CT molecular complexity index is 519. The molecule has 3 amide bonds. The zero-order chi connectivity index (χ0) is 15.8. The monoisotopic (exact) mass is 304 g/mol. The second-order valence-electron chi connectivity index (χ2n) is 5.30. The molecule has 1 aromatic carbocycles. The van der Waals surface area contributed by atoms with Crippen molar-refractivity contribution >= 4 is 11.9 Å². The van der Waals surface area contributed by atoms with Gasteiger partial charge in [-0.3, -0.25) is 4.79 Å². The second-order valence-corrected chi connectivity index (χ2v) is 5.30. The first-order valence-electron chi connectivity index (χ1n) is 7.77. The topological polar surface area (TPSA) is 73.5 Å². The van der Waals surface area contributed by atoms with Crippen LogP contribution in [0, 0.1) is 0 Å². The lowest BCUT2D eigenvalue weighted by atomic mass is 10.0. The summed E-state index contributed by atoms with van der Waals surface area (Å²) in [4.78, 5) is 25.5. The standard InChI is InChI=1S/C16H24N4O2/c1-2-17-8-9-18-15(21)11-19-16(22)20-10-7-13-5-3-4-6-14(13)12-20/h3-6,17H,2,7-12H2,1H3,(H,18,21)(H,19,22). The van der Waals surface area contributed by atoms with E-state index in [4.69, 9.17) is 0 Å². The molecule has 0 bridgehead atoms. The molecule has 6 nitrogen and oxygen atoms in total. The molecule has 1 aliphatic rings. The lowest BCUT2D eigenvalue weighted by Crippen LogP contribution is -2.46. The first kappa shape index (κ1) is 16.3. The molecule has 0 saturated carbocycles. The third kappa shape index (κ3) is 4.73. The summed E-state index contributed by atoms with van der Waals surface area (Å²) in [6.07, 6.45) is 0.860. The summed E-state index contributed by atoms with van der Waals surface area (Å²) < 4.78 is 0. The maximum atomic E-state index is 12.1.